The van der Waals surface area contributed by atoms with E-state index in [1.807, 2.05) is 0 Å². The second-order valence-corrected chi connectivity index (χ2v) is 6.41. The molecule has 3 aliphatic carbocycles. The van der Waals surface area contributed by atoms with E-state index in [1.54, 1.807) is 25.7 Å². The zero-order valence-corrected chi connectivity index (χ0v) is 9.05. The van der Waals surface area contributed by atoms with Gasteiger partial charge in [0.05, 0.1) is 0 Å². The summed E-state index contributed by atoms with van der Waals surface area (Å²) in [6.45, 7) is 5.03. The maximum atomic E-state index is 2.52. The Bertz CT molecular complexity index is 216. The fourth-order valence-electron chi connectivity index (χ4n) is 4.91. The Morgan fingerprint density at radius 2 is 1.69 bits per heavy atom. The molecule has 3 fully saturated rings. The van der Waals surface area contributed by atoms with Gasteiger partial charge < -0.3 is 0 Å². The van der Waals surface area contributed by atoms with Crippen LogP contribution in [0.2, 0.25) is 0 Å². The Hall–Kier alpha value is 0. The fourth-order valence-corrected chi connectivity index (χ4v) is 4.91. The molecule has 0 heteroatoms. The van der Waals surface area contributed by atoms with Gasteiger partial charge in [-0.25, -0.2) is 0 Å². The predicted octanol–water partition coefficient (Wildman–Crippen LogP) is 3.86. The quantitative estimate of drug-likeness (QED) is 0.528. The Kier molecular flexibility index (Phi) is 1.61. The molecule has 4 atom stereocenters. The fraction of sp³-hybridized carbons (Fsp3) is 1.00. The van der Waals surface area contributed by atoms with E-state index in [4.69, 9.17) is 0 Å². The minimum absolute atomic E-state index is 0.698. The molecular weight excluding hydrogens is 156 g/mol. The first-order chi connectivity index (χ1) is 6.18. The molecule has 0 amide bonds. The molecule has 0 aromatic rings. The van der Waals surface area contributed by atoms with Crippen LogP contribution in [-0.2, 0) is 0 Å². The van der Waals surface area contributed by atoms with Gasteiger partial charge >= 0.3 is 0 Å². The van der Waals surface area contributed by atoms with Crippen molar-refractivity contribution >= 4 is 0 Å². The molecule has 0 aliphatic heterocycles. The molecule has 0 saturated heterocycles. The Morgan fingerprint density at radius 1 is 1.00 bits per heavy atom. The van der Waals surface area contributed by atoms with E-state index >= 15 is 0 Å². The van der Waals surface area contributed by atoms with Crippen LogP contribution in [0.25, 0.3) is 0 Å². The van der Waals surface area contributed by atoms with Crippen LogP contribution < -0.4 is 0 Å². The minimum Gasteiger partial charge on any atom is -0.0596 e. The van der Waals surface area contributed by atoms with Crippen molar-refractivity contribution in [2.75, 3.05) is 0 Å². The second-order valence-electron chi connectivity index (χ2n) is 6.41. The van der Waals surface area contributed by atoms with E-state index in [0.29, 0.717) is 5.41 Å². The molecule has 2 bridgehead atoms. The van der Waals surface area contributed by atoms with Crippen LogP contribution in [0.1, 0.15) is 52.4 Å². The topological polar surface area (TPSA) is 0 Å². The van der Waals surface area contributed by atoms with E-state index < -0.39 is 0 Å². The van der Waals surface area contributed by atoms with E-state index in [1.165, 1.54) is 12.8 Å². The second kappa shape index (κ2) is 2.52. The van der Waals surface area contributed by atoms with Crippen molar-refractivity contribution in [1.29, 1.82) is 0 Å². The van der Waals surface area contributed by atoms with E-state index in [-0.39, 0.29) is 0 Å². The van der Waals surface area contributed by atoms with Gasteiger partial charge in [0.1, 0.15) is 0 Å². The van der Waals surface area contributed by atoms with Gasteiger partial charge in [0, 0.05) is 0 Å². The zero-order valence-electron chi connectivity index (χ0n) is 9.05. The summed E-state index contributed by atoms with van der Waals surface area (Å²) in [7, 11) is 0. The summed E-state index contributed by atoms with van der Waals surface area (Å²) in [5.41, 5.74) is 0.698. The van der Waals surface area contributed by atoms with E-state index in [2.05, 4.69) is 13.8 Å². The van der Waals surface area contributed by atoms with Crippen LogP contribution in [-0.4, -0.2) is 0 Å². The summed E-state index contributed by atoms with van der Waals surface area (Å²) in [6, 6.07) is 0. The third kappa shape index (κ3) is 1.04. The van der Waals surface area contributed by atoms with Crippen LogP contribution >= 0.6 is 0 Å². The molecular formula is C13H22. The number of rotatable bonds is 0. The lowest BCUT2D eigenvalue weighted by Crippen LogP contribution is -2.35. The highest BCUT2D eigenvalue weighted by molar-refractivity contribution is 5.05. The van der Waals surface area contributed by atoms with Gasteiger partial charge in [-0.15, -0.1) is 0 Å². The van der Waals surface area contributed by atoms with Crippen molar-refractivity contribution in [3.05, 3.63) is 0 Å². The first-order valence-electron chi connectivity index (χ1n) is 6.18. The highest BCUT2D eigenvalue weighted by Gasteiger charge is 2.55. The summed E-state index contributed by atoms with van der Waals surface area (Å²) < 4.78 is 0. The van der Waals surface area contributed by atoms with Crippen LogP contribution in [0.15, 0.2) is 0 Å². The average molecular weight is 178 g/mol. The van der Waals surface area contributed by atoms with Crippen molar-refractivity contribution < 1.29 is 0 Å². The molecule has 13 heavy (non-hydrogen) atoms. The van der Waals surface area contributed by atoms with Crippen LogP contribution in [0.5, 0.6) is 0 Å². The van der Waals surface area contributed by atoms with Crippen molar-refractivity contribution in [3.63, 3.8) is 0 Å². The largest absolute Gasteiger partial charge is 0.0596 e. The third-order valence-electron chi connectivity index (χ3n) is 5.35. The summed E-state index contributed by atoms with van der Waals surface area (Å²) >= 11 is 0. The summed E-state index contributed by atoms with van der Waals surface area (Å²) in [4.78, 5) is 0. The third-order valence-corrected chi connectivity index (χ3v) is 5.35. The normalized spacial score (nSPS) is 52.2. The maximum Gasteiger partial charge on any atom is -0.0320 e. The first kappa shape index (κ1) is 8.32. The van der Waals surface area contributed by atoms with Crippen molar-refractivity contribution in [2.45, 2.75) is 52.4 Å². The number of hydrogen-bond donors (Lipinski definition) is 0. The molecule has 0 heterocycles. The summed E-state index contributed by atoms with van der Waals surface area (Å²) in [6.07, 6.45) is 9.32. The van der Waals surface area contributed by atoms with Crippen LogP contribution in [0.4, 0.5) is 0 Å². The number of hydrogen-bond acceptors (Lipinski definition) is 0. The van der Waals surface area contributed by atoms with Crippen molar-refractivity contribution in [1.82, 2.24) is 0 Å². The Labute approximate surface area is 82.1 Å². The highest BCUT2D eigenvalue weighted by Crippen LogP contribution is 2.64. The van der Waals surface area contributed by atoms with Gasteiger partial charge in [0.15, 0.2) is 0 Å². The standard InChI is InChI=1S/C13H22/c1-13(2)8-9-7-12(13)11-6-4-3-5-10(9)11/h9-12H,3-8H2,1-2H3. The minimum atomic E-state index is 0.698. The van der Waals surface area contributed by atoms with Crippen molar-refractivity contribution in [2.24, 2.45) is 29.1 Å². The molecule has 3 rings (SSSR count). The van der Waals surface area contributed by atoms with Crippen LogP contribution in [0.3, 0.4) is 0 Å². The molecule has 0 nitrogen and oxygen atoms in total. The molecule has 3 aliphatic rings. The molecule has 0 radical (unpaired) electrons. The summed E-state index contributed by atoms with van der Waals surface area (Å²) in [5, 5.41) is 0. The van der Waals surface area contributed by atoms with E-state index in [0.717, 1.165) is 23.7 Å². The molecule has 4 unspecified atom stereocenters. The molecule has 74 valence electrons. The Balaban J connectivity index is 1.87. The summed E-state index contributed by atoms with van der Waals surface area (Å²) in [5.74, 6) is 4.53. The lowest BCUT2D eigenvalue weighted by molar-refractivity contribution is 0.0663. The zero-order chi connectivity index (χ0) is 9.05. The predicted molar refractivity (Wildman–Crippen MR) is 55.4 cm³/mol. The molecule has 0 aromatic heterocycles. The van der Waals surface area contributed by atoms with Gasteiger partial charge in [0.2, 0.25) is 0 Å². The highest BCUT2D eigenvalue weighted by atomic mass is 14.6. The molecule has 0 N–H and O–H groups in total. The van der Waals surface area contributed by atoms with E-state index in [9.17, 15) is 0 Å². The van der Waals surface area contributed by atoms with Crippen LogP contribution in [0, 0.1) is 29.1 Å². The Morgan fingerprint density at radius 3 is 2.46 bits per heavy atom. The lowest BCUT2D eigenvalue weighted by atomic mass is 9.62. The number of fused-ring (bicyclic) bond motifs is 5. The maximum absolute atomic E-state index is 2.52. The smallest absolute Gasteiger partial charge is 0.0320 e. The monoisotopic (exact) mass is 178 g/mol. The van der Waals surface area contributed by atoms with Gasteiger partial charge in [0.25, 0.3) is 0 Å². The molecule has 0 spiro atoms. The van der Waals surface area contributed by atoms with Crippen molar-refractivity contribution in [3.8, 4) is 0 Å². The van der Waals surface area contributed by atoms with Gasteiger partial charge in [-0.1, -0.05) is 26.7 Å². The van der Waals surface area contributed by atoms with Gasteiger partial charge in [-0.3, -0.25) is 0 Å². The molecule has 0 aromatic carbocycles. The van der Waals surface area contributed by atoms with Gasteiger partial charge in [-0.2, -0.15) is 0 Å². The average Bonchev–Trinajstić information content (AvgIpc) is 2.58. The first-order valence-corrected chi connectivity index (χ1v) is 6.18. The lowest BCUT2D eigenvalue weighted by Gasteiger charge is -2.43. The molecule has 3 saturated carbocycles. The van der Waals surface area contributed by atoms with Gasteiger partial charge in [-0.05, 0) is 54.8 Å². The SMILES string of the molecule is CC1(C)CC2CC1C1CCCCC21.